The SMILES string of the molecule is CC1CC(c2ncc(-c3nc(NC4CCN(S(=O)(=O)Cc5ccccc5)CC4)ncc3F)[nH]2)CCO1. The molecule has 2 aliphatic heterocycles. The zero-order chi connectivity index (χ0) is 25.1. The molecule has 0 spiro atoms. The highest BCUT2D eigenvalue weighted by Crippen LogP contribution is 2.30. The van der Waals surface area contributed by atoms with Gasteiger partial charge in [0.05, 0.1) is 29.9 Å². The number of benzene rings is 1. The largest absolute Gasteiger partial charge is 0.378 e. The van der Waals surface area contributed by atoms with Crippen LogP contribution in [0.15, 0.2) is 42.7 Å². The van der Waals surface area contributed by atoms with Gasteiger partial charge in [-0.15, -0.1) is 0 Å². The van der Waals surface area contributed by atoms with Crippen LogP contribution in [0, 0.1) is 5.82 Å². The van der Waals surface area contributed by atoms with Crippen molar-refractivity contribution in [2.75, 3.05) is 25.0 Å². The fourth-order valence-corrected chi connectivity index (χ4v) is 6.44. The van der Waals surface area contributed by atoms with E-state index >= 15 is 0 Å². The summed E-state index contributed by atoms with van der Waals surface area (Å²) in [7, 11) is -3.39. The minimum Gasteiger partial charge on any atom is -0.378 e. The van der Waals surface area contributed by atoms with E-state index in [-0.39, 0.29) is 29.5 Å². The molecule has 2 N–H and O–H groups in total. The van der Waals surface area contributed by atoms with Gasteiger partial charge in [-0.1, -0.05) is 30.3 Å². The second-order valence-corrected chi connectivity index (χ2v) is 11.5. The van der Waals surface area contributed by atoms with Crippen molar-refractivity contribution in [3.05, 3.63) is 59.9 Å². The minimum atomic E-state index is -3.39. The molecule has 2 fully saturated rings. The van der Waals surface area contributed by atoms with Gasteiger partial charge in [0.25, 0.3) is 0 Å². The molecule has 2 aromatic heterocycles. The first-order valence-corrected chi connectivity index (χ1v) is 14.0. The van der Waals surface area contributed by atoms with E-state index in [1.165, 1.54) is 0 Å². The molecule has 1 aromatic carbocycles. The minimum absolute atomic E-state index is 0.00463. The molecule has 192 valence electrons. The standard InChI is InChI=1S/C25H31FN6O3S/c1-17-13-19(9-12-35-17)24-27-15-22(30-24)23-21(26)14-28-25(31-23)29-20-7-10-32(11-8-20)36(33,34)16-18-5-3-2-4-6-18/h2-6,14-15,17,19-20H,7-13,16H2,1H3,(H,27,30)(H,28,29,31). The van der Waals surface area contributed by atoms with Crippen molar-refractivity contribution >= 4 is 16.0 Å². The lowest BCUT2D eigenvalue weighted by molar-refractivity contribution is 0.0174. The maximum Gasteiger partial charge on any atom is 0.223 e. The van der Waals surface area contributed by atoms with Gasteiger partial charge in [0.2, 0.25) is 16.0 Å². The smallest absolute Gasteiger partial charge is 0.223 e. The summed E-state index contributed by atoms with van der Waals surface area (Å²) < 4.78 is 47.4. The Morgan fingerprint density at radius 2 is 1.92 bits per heavy atom. The van der Waals surface area contributed by atoms with Gasteiger partial charge in [-0.2, -0.15) is 0 Å². The molecule has 11 heteroatoms. The Morgan fingerprint density at radius 3 is 2.67 bits per heavy atom. The molecule has 3 aromatic rings. The number of rotatable bonds is 7. The van der Waals surface area contributed by atoms with Crippen molar-refractivity contribution in [3.63, 3.8) is 0 Å². The van der Waals surface area contributed by atoms with Crippen molar-refractivity contribution in [3.8, 4) is 11.4 Å². The lowest BCUT2D eigenvalue weighted by atomic mass is 9.96. The summed E-state index contributed by atoms with van der Waals surface area (Å²) in [6.45, 7) is 3.55. The van der Waals surface area contributed by atoms with Crippen molar-refractivity contribution in [2.45, 2.75) is 56.4 Å². The van der Waals surface area contributed by atoms with E-state index in [0.29, 0.717) is 44.2 Å². The second-order valence-electron chi connectivity index (χ2n) is 9.53. The molecule has 0 radical (unpaired) electrons. The number of hydrogen-bond acceptors (Lipinski definition) is 7. The summed E-state index contributed by atoms with van der Waals surface area (Å²) in [5.74, 6) is 0.839. The van der Waals surface area contributed by atoms with E-state index in [1.807, 2.05) is 37.3 Å². The zero-order valence-electron chi connectivity index (χ0n) is 20.2. The van der Waals surface area contributed by atoms with Crippen LogP contribution in [0.2, 0.25) is 0 Å². The summed E-state index contributed by atoms with van der Waals surface area (Å²) in [5, 5.41) is 3.25. The molecule has 0 aliphatic carbocycles. The Morgan fingerprint density at radius 1 is 1.14 bits per heavy atom. The van der Waals surface area contributed by atoms with E-state index in [4.69, 9.17) is 4.74 Å². The topological polar surface area (TPSA) is 113 Å². The predicted molar refractivity (Wildman–Crippen MR) is 134 cm³/mol. The summed E-state index contributed by atoms with van der Waals surface area (Å²) >= 11 is 0. The average molecular weight is 515 g/mol. The summed E-state index contributed by atoms with van der Waals surface area (Å²) in [6.07, 6.45) is 5.90. The number of piperidine rings is 1. The van der Waals surface area contributed by atoms with E-state index in [1.54, 1.807) is 10.5 Å². The second kappa shape index (κ2) is 10.6. The summed E-state index contributed by atoms with van der Waals surface area (Å²) in [5.41, 5.74) is 1.45. The number of imidazole rings is 1. The molecule has 36 heavy (non-hydrogen) atoms. The lowest BCUT2D eigenvalue weighted by Crippen LogP contribution is -2.43. The number of aromatic amines is 1. The van der Waals surface area contributed by atoms with Gasteiger partial charge in [0.15, 0.2) is 5.82 Å². The predicted octanol–water partition coefficient (Wildman–Crippen LogP) is 3.69. The number of sulfonamides is 1. The molecule has 9 nitrogen and oxygen atoms in total. The highest BCUT2D eigenvalue weighted by Gasteiger charge is 2.29. The van der Waals surface area contributed by atoms with Crippen LogP contribution in [0.5, 0.6) is 0 Å². The summed E-state index contributed by atoms with van der Waals surface area (Å²) in [6, 6.07) is 9.19. The van der Waals surface area contributed by atoms with Crippen molar-refractivity contribution in [2.24, 2.45) is 0 Å². The molecule has 0 bridgehead atoms. The van der Waals surface area contributed by atoms with Gasteiger partial charge in [0.1, 0.15) is 11.5 Å². The molecule has 2 atom stereocenters. The van der Waals surface area contributed by atoms with Crippen LogP contribution in [-0.2, 0) is 20.5 Å². The number of ether oxygens (including phenoxy) is 1. The fourth-order valence-electron chi connectivity index (χ4n) is 4.87. The van der Waals surface area contributed by atoms with E-state index in [9.17, 15) is 12.8 Å². The highest BCUT2D eigenvalue weighted by molar-refractivity contribution is 7.88. The molecule has 2 aliphatic rings. The third kappa shape index (κ3) is 5.74. The first kappa shape index (κ1) is 24.8. The molecule has 0 amide bonds. The van der Waals surface area contributed by atoms with Crippen LogP contribution in [0.25, 0.3) is 11.4 Å². The number of H-pyrrole nitrogens is 1. The Labute approximate surface area is 210 Å². The van der Waals surface area contributed by atoms with Crippen molar-refractivity contribution < 1.29 is 17.5 Å². The number of hydrogen-bond donors (Lipinski definition) is 2. The Hall–Kier alpha value is -2.89. The van der Waals surface area contributed by atoms with Crippen LogP contribution >= 0.6 is 0 Å². The Kier molecular flexibility index (Phi) is 7.31. The van der Waals surface area contributed by atoms with Crippen LogP contribution < -0.4 is 5.32 Å². The van der Waals surface area contributed by atoms with Gasteiger partial charge in [0, 0.05) is 31.7 Å². The average Bonchev–Trinajstić information content (AvgIpc) is 3.36. The number of aromatic nitrogens is 4. The molecule has 4 heterocycles. The maximum absolute atomic E-state index is 14.6. The number of halogens is 1. The number of nitrogens with zero attached hydrogens (tertiary/aromatic N) is 4. The van der Waals surface area contributed by atoms with Crippen LogP contribution in [0.4, 0.5) is 10.3 Å². The quantitative estimate of drug-likeness (QED) is 0.494. The maximum atomic E-state index is 14.6. The van der Waals surface area contributed by atoms with Crippen molar-refractivity contribution in [1.29, 1.82) is 0 Å². The van der Waals surface area contributed by atoms with Gasteiger partial charge in [-0.05, 0) is 38.2 Å². The van der Waals surface area contributed by atoms with Gasteiger partial charge >= 0.3 is 0 Å². The molecule has 2 saturated heterocycles. The lowest BCUT2D eigenvalue weighted by Gasteiger charge is -2.31. The fraction of sp³-hybridized carbons (Fsp3) is 0.480. The third-order valence-electron chi connectivity index (χ3n) is 6.84. The van der Waals surface area contributed by atoms with Crippen molar-refractivity contribution in [1.82, 2.24) is 24.2 Å². The van der Waals surface area contributed by atoms with Gasteiger partial charge < -0.3 is 15.0 Å². The zero-order valence-corrected chi connectivity index (χ0v) is 21.0. The summed E-state index contributed by atoms with van der Waals surface area (Å²) in [4.78, 5) is 16.2. The highest BCUT2D eigenvalue weighted by atomic mass is 32.2. The van der Waals surface area contributed by atoms with Gasteiger partial charge in [-0.3, -0.25) is 0 Å². The number of anilines is 1. The molecular formula is C25H31FN6O3S. The van der Waals surface area contributed by atoms with Crippen LogP contribution in [-0.4, -0.2) is 64.5 Å². The third-order valence-corrected chi connectivity index (χ3v) is 8.69. The first-order chi connectivity index (χ1) is 17.4. The molecule has 2 unspecified atom stereocenters. The molecule has 0 saturated carbocycles. The van der Waals surface area contributed by atoms with Gasteiger partial charge in [-0.25, -0.2) is 32.1 Å². The van der Waals surface area contributed by atoms with E-state index < -0.39 is 15.8 Å². The van der Waals surface area contributed by atoms with Crippen LogP contribution in [0.3, 0.4) is 0 Å². The van der Waals surface area contributed by atoms with E-state index in [0.717, 1.165) is 30.4 Å². The molecular weight excluding hydrogens is 483 g/mol. The van der Waals surface area contributed by atoms with E-state index in [2.05, 4.69) is 25.3 Å². The monoisotopic (exact) mass is 514 g/mol. The number of nitrogens with one attached hydrogen (secondary N) is 2. The first-order valence-electron chi connectivity index (χ1n) is 12.3. The molecule has 5 rings (SSSR count). The Balaban J connectivity index is 1.21. The van der Waals surface area contributed by atoms with Crippen LogP contribution in [0.1, 0.15) is 49.9 Å². The normalized spacial score (nSPS) is 21.9. The Bertz CT molecular complexity index is 1280.